The van der Waals surface area contributed by atoms with Crippen molar-refractivity contribution in [2.45, 2.75) is 45.4 Å². The van der Waals surface area contributed by atoms with E-state index in [0.717, 1.165) is 30.2 Å². The first-order chi connectivity index (χ1) is 6.31. The van der Waals surface area contributed by atoms with E-state index >= 15 is 0 Å². The van der Waals surface area contributed by atoms with Gasteiger partial charge in [0.2, 0.25) is 0 Å². The van der Waals surface area contributed by atoms with Crippen LogP contribution in [0.4, 0.5) is 0 Å². The van der Waals surface area contributed by atoms with Crippen LogP contribution in [-0.4, -0.2) is 6.54 Å². The van der Waals surface area contributed by atoms with Crippen LogP contribution in [0.15, 0.2) is 0 Å². The Morgan fingerprint density at radius 2 is 1.54 bits per heavy atom. The van der Waals surface area contributed by atoms with Crippen molar-refractivity contribution in [3.05, 3.63) is 0 Å². The third kappa shape index (κ3) is 1.90. The molecule has 1 nitrogen and oxygen atoms in total. The van der Waals surface area contributed by atoms with Crippen molar-refractivity contribution in [2.24, 2.45) is 29.4 Å². The summed E-state index contributed by atoms with van der Waals surface area (Å²) in [7, 11) is 0. The summed E-state index contributed by atoms with van der Waals surface area (Å²) in [5, 5.41) is 0. The van der Waals surface area contributed by atoms with Crippen LogP contribution in [0.3, 0.4) is 0 Å². The first-order valence-corrected chi connectivity index (χ1v) is 6.01. The van der Waals surface area contributed by atoms with Crippen LogP contribution in [0.2, 0.25) is 0 Å². The lowest BCUT2D eigenvalue weighted by molar-refractivity contribution is 0.247. The molecule has 2 fully saturated rings. The highest BCUT2D eigenvalue weighted by atomic mass is 14.6. The molecule has 0 aliphatic heterocycles. The first kappa shape index (κ1) is 9.51. The lowest BCUT2D eigenvalue weighted by atomic mass is 9.79. The fourth-order valence-corrected chi connectivity index (χ4v) is 3.44. The molecule has 1 heteroatoms. The van der Waals surface area contributed by atoms with Crippen LogP contribution in [0.25, 0.3) is 0 Å². The van der Waals surface area contributed by atoms with Crippen molar-refractivity contribution in [3.8, 4) is 0 Å². The molecule has 2 saturated carbocycles. The second-order valence-electron chi connectivity index (χ2n) is 5.23. The Morgan fingerprint density at radius 1 is 0.923 bits per heavy atom. The van der Waals surface area contributed by atoms with E-state index in [1.165, 1.54) is 38.5 Å². The van der Waals surface area contributed by atoms with Gasteiger partial charge in [-0.3, -0.25) is 0 Å². The standard InChI is InChI=1S/C12H23N/c1-9-2-3-11-6-4-10(9)5-7-12(11)8-13/h9-12H,2-8,13H2,1H3. The van der Waals surface area contributed by atoms with Crippen molar-refractivity contribution in [3.63, 3.8) is 0 Å². The van der Waals surface area contributed by atoms with E-state index in [4.69, 9.17) is 5.73 Å². The van der Waals surface area contributed by atoms with Crippen LogP contribution in [0, 0.1) is 23.7 Å². The Morgan fingerprint density at radius 3 is 2.31 bits per heavy atom. The Labute approximate surface area is 82.1 Å². The minimum absolute atomic E-state index is 0.859. The third-order valence-electron chi connectivity index (χ3n) is 4.58. The molecule has 0 aromatic rings. The molecule has 0 aromatic heterocycles. The van der Waals surface area contributed by atoms with Crippen LogP contribution in [0.1, 0.15) is 45.4 Å². The maximum Gasteiger partial charge on any atom is -0.00462 e. The molecule has 0 spiro atoms. The molecule has 13 heavy (non-hydrogen) atoms. The van der Waals surface area contributed by atoms with Gasteiger partial charge in [0, 0.05) is 0 Å². The van der Waals surface area contributed by atoms with Gasteiger partial charge in [-0.2, -0.15) is 0 Å². The molecule has 0 radical (unpaired) electrons. The number of hydrogen-bond acceptors (Lipinski definition) is 1. The number of rotatable bonds is 1. The topological polar surface area (TPSA) is 26.0 Å². The lowest BCUT2D eigenvalue weighted by Gasteiger charge is -2.27. The van der Waals surface area contributed by atoms with Crippen LogP contribution in [-0.2, 0) is 0 Å². The summed E-state index contributed by atoms with van der Waals surface area (Å²) in [6, 6.07) is 0. The Kier molecular flexibility index (Phi) is 2.92. The van der Waals surface area contributed by atoms with Gasteiger partial charge in [0.05, 0.1) is 0 Å². The third-order valence-corrected chi connectivity index (χ3v) is 4.58. The summed E-state index contributed by atoms with van der Waals surface area (Å²) in [6.45, 7) is 3.39. The largest absolute Gasteiger partial charge is 0.330 e. The maximum atomic E-state index is 5.84. The molecular weight excluding hydrogens is 158 g/mol. The first-order valence-electron chi connectivity index (χ1n) is 6.01. The van der Waals surface area contributed by atoms with Gasteiger partial charge in [-0.15, -0.1) is 0 Å². The van der Waals surface area contributed by atoms with Gasteiger partial charge in [-0.05, 0) is 62.3 Å². The summed E-state index contributed by atoms with van der Waals surface area (Å²) in [4.78, 5) is 0. The molecule has 2 aliphatic rings. The van der Waals surface area contributed by atoms with E-state index in [2.05, 4.69) is 6.92 Å². The zero-order valence-electron chi connectivity index (χ0n) is 8.84. The smallest absolute Gasteiger partial charge is 0.00462 e. The summed E-state index contributed by atoms with van der Waals surface area (Å²) in [5.74, 6) is 3.85. The molecule has 2 bridgehead atoms. The minimum atomic E-state index is 0.859. The number of nitrogens with two attached hydrogens (primary N) is 1. The summed E-state index contributed by atoms with van der Waals surface area (Å²) >= 11 is 0. The molecular formula is C12H23N. The van der Waals surface area contributed by atoms with Crippen molar-refractivity contribution >= 4 is 0 Å². The van der Waals surface area contributed by atoms with Crippen LogP contribution >= 0.6 is 0 Å². The Balaban J connectivity index is 2.06. The molecule has 0 aromatic carbocycles. The van der Waals surface area contributed by atoms with Crippen molar-refractivity contribution < 1.29 is 0 Å². The molecule has 4 unspecified atom stereocenters. The number of fused-ring (bicyclic) bond motifs is 3. The second-order valence-corrected chi connectivity index (χ2v) is 5.23. The Bertz CT molecular complexity index is 163. The molecule has 4 atom stereocenters. The van der Waals surface area contributed by atoms with E-state index in [-0.39, 0.29) is 0 Å². The molecule has 0 heterocycles. The molecule has 0 amide bonds. The average Bonchev–Trinajstić information content (AvgIpc) is 2.43. The molecule has 2 aliphatic carbocycles. The molecule has 2 N–H and O–H groups in total. The van der Waals surface area contributed by atoms with Crippen molar-refractivity contribution in [2.75, 3.05) is 6.54 Å². The predicted molar refractivity (Wildman–Crippen MR) is 56.4 cm³/mol. The van der Waals surface area contributed by atoms with Gasteiger partial charge < -0.3 is 5.73 Å². The predicted octanol–water partition coefficient (Wildman–Crippen LogP) is 2.80. The highest BCUT2D eigenvalue weighted by molar-refractivity contribution is 4.84. The quantitative estimate of drug-likeness (QED) is 0.661. The van der Waals surface area contributed by atoms with Gasteiger partial charge in [-0.1, -0.05) is 13.3 Å². The van der Waals surface area contributed by atoms with E-state index in [1.807, 2.05) is 0 Å². The highest BCUT2D eigenvalue weighted by Gasteiger charge is 2.32. The van der Waals surface area contributed by atoms with E-state index < -0.39 is 0 Å². The minimum Gasteiger partial charge on any atom is -0.330 e. The molecule has 76 valence electrons. The highest BCUT2D eigenvalue weighted by Crippen LogP contribution is 2.42. The second kappa shape index (κ2) is 4.00. The van der Waals surface area contributed by atoms with Crippen LogP contribution < -0.4 is 5.73 Å². The van der Waals surface area contributed by atoms with Crippen molar-refractivity contribution in [1.82, 2.24) is 0 Å². The van der Waals surface area contributed by atoms with E-state index in [9.17, 15) is 0 Å². The summed E-state index contributed by atoms with van der Waals surface area (Å²) in [5.41, 5.74) is 5.84. The van der Waals surface area contributed by atoms with Gasteiger partial charge in [0.1, 0.15) is 0 Å². The fourth-order valence-electron chi connectivity index (χ4n) is 3.44. The van der Waals surface area contributed by atoms with Gasteiger partial charge in [-0.25, -0.2) is 0 Å². The lowest BCUT2D eigenvalue weighted by Crippen LogP contribution is -2.24. The SMILES string of the molecule is CC1CCC2CCC1CCC2CN. The van der Waals surface area contributed by atoms with Gasteiger partial charge in [0.25, 0.3) is 0 Å². The zero-order valence-corrected chi connectivity index (χ0v) is 8.84. The Hall–Kier alpha value is -0.0400. The van der Waals surface area contributed by atoms with Crippen molar-refractivity contribution in [1.29, 1.82) is 0 Å². The average molecular weight is 181 g/mol. The normalized spacial score (nSPS) is 45.7. The van der Waals surface area contributed by atoms with E-state index in [1.54, 1.807) is 0 Å². The number of hydrogen-bond donors (Lipinski definition) is 1. The fraction of sp³-hybridized carbons (Fsp3) is 1.00. The van der Waals surface area contributed by atoms with Crippen LogP contribution in [0.5, 0.6) is 0 Å². The molecule has 0 saturated heterocycles. The van der Waals surface area contributed by atoms with Gasteiger partial charge >= 0.3 is 0 Å². The summed E-state index contributed by atoms with van der Waals surface area (Å²) in [6.07, 6.45) is 8.75. The molecule has 2 rings (SSSR count). The zero-order chi connectivity index (χ0) is 9.26. The van der Waals surface area contributed by atoms with Gasteiger partial charge in [0.15, 0.2) is 0 Å². The summed E-state index contributed by atoms with van der Waals surface area (Å²) < 4.78 is 0. The van der Waals surface area contributed by atoms with E-state index in [0.29, 0.717) is 0 Å². The maximum absolute atomic E-state index is 5.84. The monoisotopic (exact) mass is 181 g/mol.